The molecule has 0 N–H and O–H groups in total. The number of hydrogen-bond donors (Lipinski definition) is 0. The molecule has 0 aliphatic carbocycles. The van der Waals surface area contributed by atoms with E-state index in [1.165, 1.54) is 31.8 Å². The van der Waals surface area contributed by atoms with Crippen LogP contribution < -0.4 is 31.8 Å². The molecule has 0 bridgehead atoms. The maximum absolute atomic E-state index is 4.70. The molecular formula is C34H28Cl2FeNiP2-6. The second-order valence-electron chi connectivity index (χ2n) is 8.32. The van der Waals surface area contributed by atoms with Crippen molar-refractivity contribution in [3.63, 3.8) is 0 Å². The molecule has 0 aromatic heterocycles. The largest absolute Gasteiger partial charge is 0.748 e. The minimum Gasteiger partial charge on any atom is -0.748 e. The normalized spacial score (nSPS) is 10.2. The Bertz CT molecular complexity index is 1250. The Morgan fingerprint density at radius 1 is 0.475 bits per heavy atom. The first-order chi connectivity index (χ1) is 19.3. The second-order valence-corrected chi connectivity index (χ2v) is 14.3. The van der Waals surface area contributed by atoms with Gasteiger partial charge in [0.1, 0.15) is 0 Å². The summed E-state index contributed by atoms with van der Waals surface area (Å²) in [5.41, 5.74) is 0. The molecule has 6 aromatic carbocycles. The SMILES string of the molecule is [Cl][Ni][Cl].[Fe].[cH-]1[cH-][cH-][cH-][cH-]1.c1ccc(P(c2ccccc2)c2ccc[c-]2P(c2ccccc2)c2ccccc2)cc1. The van der Waals surface area contributed by atoms with Gasteiger partial charge in [-0.2, -0.15) is 6.07 Å². The molecule has 0 amide bonds. The van der Waals surface area contributed by atoms with Crippen LogP contribution in [0.2, 0.25) is 0 Å². The van der Waals surface area contributed by atoms with Crippen molar-refractivity contribution in [3.8, 4) is 0 Å². The van der Waals surface area contributed by atoms with E-state index in [2.05, 4.69) is 140 Å². The Morgan fingerprint density at radius 2 is 0.800 bits per heavy atom. The molecule has 40 heavy (non-hydrogen) atoms. The van der Waals surface area contributed by atoms with Crippen molar-refractivity contribution in [1.82, 2.24) is 0 Å². The third-order valence-corrected chi connectivity index (χ3v) is 11.0. The van der Waals surface area contributed by atoms with Crippen molar-refractivity contribution >= 4 is 68.1 Å². The van der Waals surface area contributed by atoms with Gasteiger partial charge in [-0.25, -0.2) is 12.1 Å². The molecule has 0 spiro atoms. The average molecular weight is 684 g/mol. The van der Waals surface area contributed by atoms with Gasteiger partial charge in [0.25, 0.3) is 0 Å². The van der Waals surface area contributed by atoms with E-state index < -0.39 is 15.8 Å². The zero-order valence-corrected chi connectivity index (χ0v) is 26.9. The maximum atomic E-state index is 4.70. The predicted octanol–water partition coefficient (Wildman–Crippen LogP) is 7.70. The minimum atomic E-state index is -0.627. The Balaban J connectivity index is 0.000000429. The van der Waals surface area contributed by atoms with Crippen LogP contribution in [0.5, 0.6) is 0 Å². The Morgan fingerprint density at radius 3 is 1.15 bits per heavy atom. The van der Waals surface area contributed by atoms with E-state index in [1.807, 2.05) is 30.3 Å². The van der Waals surface area contributed by atoms with Gasteiger partial charge in [-0.3, -0.25) is 0 Å². The molecule has 6 rings (SSSR count). The van der Waals surface area contributed by atoms with Gasteiger partial charge in [-0.1, -0.05) is 129 Å². The monoisotopic (exact) mass is 682 g/mol. The summed E-state index contributed by atoms with van der Waals surface area (Å²) in [5, 5.41) is 8.51. The van der Waals surface area contributed by atoms with Gasteiger partial charge < -0.3 is 30.3 Å². The Kier molecular flexibility index (Phi) is 15.0. The van der Waals surface area contributed by atoms with Gasteiger partial charge >= 0.3 is 33.0 Å². The smallest absolute Gasteiger partial charge is 0 e. The summed E-state index contributed by atoms with van der Waals surface area (Å²) >= 11 is 0.569. The van der Waals surface area contributed by atoms with Crippen molar-refractivity contribution in [2.75, 3.05) is 0 Å². The molecule has 0 fully saturated rings. The Hall–Kier alpha value is -1.97. The minimum absolute atomic E-state index is 0. The molecule has 0 aliphatic rings. The molecule has 0 heterocycles. The summed E-state index contributed by atoms with van der Waals surface area (Å²) in [6, 6.07) is 60.9. The van der Waals surface area contributed by atoms with Crippen molar-refractivity contribution in [2.45, 2.75) is 0 Å². The van der Waals surface area contributed by atoms with Gasteiger partial charge in [-0.05, 0) is 29.1 Å². The van der Waals surface area contributed by atoms with Crippen molar-refractivity contribution < 1.29 is 29.7 Å². The van der Waals surface area contributed by atoms with Crippen LogP contribution in [0.25, 0.3) is 0 Å². The van der Waals surface area contributed by atoms with E-state index in [9.17, 15) is 0 Å². The number of benzene rings is 4. The third kappa shape index (κ3) is 9.28. The predicted molar refractivity (Wildman–Crippen MR) is 173 cm³/mol. The van der Waals surface area contributed by atoms with Crippen molar-refractivity contribution in [2.24, 2.45) is 0 Å². The molecule has 0 radical (unpaired) electrons. The summed E-state index contributed by atoms with van der Waals surface area (Å²) in [6.45, 7) is 0. The second kappa shape index (κ2) is 18.5. The molecule has 0 aliphatic heterocycles. The molecule has 0 unspecified atom stereocenters. The van der Waals surface area contributed by atoms with E-state index >= 15 is 0 Å². The molecule has 0 atom stereocenters. The average Bonchev–Trinajstić information content (AvgIpc) is 3.73. The van der Waals surface area contributed by atoms with E-state index in [0.29, 0.717) is 12.7 Å². The summed E-state index contributed by atoms with van der Waals surface area (Å²) in [5.74, 6) is 0. The van der Waals surface area contributed by atoms with Crippen LogP contribution >= 0.6 is 36.2 Å². The van der Waals surface area contributed by atoms with Gasteiger partial charge in [0.2, 0.25) is 0 Å². The quantitative estimate of drug-likeness (QED) is 0.0960. The topological polar surface area (TPSA) is 0 Å². The fourth-order valence-corrected chi connectivity index (χ4v) is 9.53. The summed E-state index contributed by atoms with van der Waals surface area (Å²) in [6.07, 6.45) is 0. The van der Waals surface area contributed by atoms with E-state index in [0.717, 1.165) is 0 Å². The van der Waals surface area contributed by atoms with Crippen LogP contribution in [-0.2, 0) is 29.7 Å². The van der Waals surface area contributed by atoms with Gasteiger partial charge in [0.05, 0.1) is 0 Å². The van der Waals surface area contributed by atoms with Crippen LogP contribution in [0.15, 0.2) is 170 Å². The van der Waals surface area contributed by atoms with Crippen LogP contribution in [0.3, 0.4) is 0 Å². The van der Waals surface area contributed by atoms with Crippen LogP contribution in [0, 0.1) is 0 Å². The number of hydrogen-bond acceptors (Lipinski definition) is 0. The fraction of sp³-hybridized carbons (Fsp3) is 0. The summed E-state index contributed by atoms with van der Waals surface area (Å²) in [4.78, 5) is 0. The fourth-order valence-electron chi connectivity index (χ4n) is 4.26. The van der Waals surface area contributed by atoms with Crippen molar-refractivity contribution in [1.29, 1.82) is 0 Å². The molecule has 6 aromatic rings. The molecule has 0 saturated heterocycles. The van der Waals surface area contributed by atoms with Crippen LogP contribution in [0.1, 0.15) is 0 Å². The van der Waals surface area contributed by atoms with Gasteiger partial charge in [0.15, 0.2) is 0 Å². The zero-order valence-electron chi connectivity index (χ0n) is 21.5. The molecule has 0 nitrogen and oxygen atoms in total. The van der Waals surface area contributed by atoms with Gasteiger partial charge in [-0.15, -0.1) is 10.6 Å². The summed E-state index contributed by atoms with van der Waals surface area (Å²) in [7, 11) is 8.15. The first-order valence-electron chi connectivity index (χ1n) is 12.4. The zero-order chi connectivity index (χ0) is 27.1. The molecule has 0 saturated carbocycles. The standard InChI is InChI=1S/C29H23P2.C5H5.2ClH.Fe.Ni/c1-5-14-24(15-6-1)30(25-16-7-2-8-17-25)28-22-13-23-29(28)31(26-18-9-3-10-19-26)27-20-11-4-12-21-27;1-2-4-5-3-1;;;;/h1-23H;1-5H;2*1H;;/q-1;-5;;;;+2/p-2. The molecule has 212 valence electrons. The van der Waals surface area contributed by atoms with E-state index in [-0.39, 0.29) is 17.1 Å². The molecular weight excluding hydrogens is 656 g/mol. The van der Waals surface area contributed by atoms with Crippen molar-refractivity contribution in [3.05, 3.63) is 170 Å². The summed E-state index contributed by atoms with van der Waals surface area (Å²) < 4.78 is 0. The number of rotatable bonds is 6. The van der Waals surface area contributed by atoms with Crippen LogP contribution in [-0.4, -0.2) is 0 Å². The van der Waals surface area contributed by atoms with Crippen LogP contribution in [0.4, 0.5) is 0 Å². The van der Waals surface area contributed by atoms with E-state index in [1.54, 1.807) is 0 Å². The Labute approximate surface area is 265 Å². The first kappa shape index (κ1) is 32.5. The first-order valence-corrected chi connectivity index (χ1v) is 17.8. The third-order valence-electron chi connectivity index (χ3n) is 5.87. The molecule has 6 heteroatoms. The van der Waals surface area contributed by atoms with Gasteiger partial charge in [0, 0.05) is 17.1 Å². The number of halogens is 2. The maximum Gasteiger partial charge on any atom is 0 e. The van der Waals surface area contributed by atoms with E-state index in [4.69, 9.17) is 20.4 Å².